The monoisotopic (exact) mass is 409 g/mol. The van der Waals surface area contributed by atoms with Gasteiger partial charge >= 0.3 is 0 Å². The molecule has 2 heterocycles. The topological polar surface area (TPSA) is 59.2 Å². The van der Waals surface area contributed by atoms with Crippen molar-refractivity contribution < 1.29 is 9.32 Å². The van der Waals surface area contributed by atoms with Crippen molar-refractivity contribution >= 4 is 23.2 Å². The Kier molecular flexibility index (Phi) is 4.95. The minimum Gasteiger partial charge on any atom is -0.334 e. The van der Waals surface area contributed by atoms with Gasteiger partial charge in [-0.2, -0.15) is 4.98 Å². The number of nitrogens with zero attached hydrogens (tertiary/aromatic N) is 3. The zero-order valence-electron chi connectivity index (χ0n) is 17.1. The molecule has 6 heteroatoms. The average Bonchev–Trinajstić information content (AvgIpc) is 3.28. The van der Waals surface area contributed by atoms with E-state index in [1.807, 2.05) is 31.2 Å². The number of benzene rings is 2. The Labute approximate surface area is 175 Å². The fourth-order valence-electron chi connectivity index (χ4n) is 3.67. The molecule has 0 saturated carbocycles. The highest BCUT2D eigenvalue weighted by atomic mass is 35.5. The third kappa shape index (κ3) is 3.92. The van der Waals surface area contributed by atoms with E-state index in [9.17, 15) is 4.79 Å². The predicted molar refractivity (Wildman–Crippen MR) is 114 cm³/mol. The Hall–Kier alpha value is -2.66. The van der Waals surface area contributed by atoms with Crippen LogP contribution in [0.15, 0.2) is 47.0 Å². The third-order valence-electron chi connectivity index (χ3n) is 5.38. The Morgan fingerprint density at radius 3 is 2.52 bits per heavy atom. The van der Waals surface area contributed by atoms with E-state index in [1.54, 1.807) is 11.0 Å². The van der Waals surface area contributed by atoms with Crippen molar-refractivity contribution in [3.8, 4) is 11.5 Å². The highest BCUT2D eigenvalue weighted by molar-refractivity contribution is 6.30. The maximum absolute atomic E-state index is 12.6. The second-order valence-electron chi connectivity index (χ2n) is 8.62. The fraction of sp³-hybridized carbons (Fsp3) is 0.348. The molecule has 29 heavy (non-hydrogen) atoms. The number of carbonyl (C=O) groups excluding carboxylic acids is 1. The van der Waals surface area contributed by atoms with E-state index in [2.05, 4.69) is 43.0 Å². The quantitative estimate of drug-likeness (QED) is 0.571. The predicted octanol–water partition coefficient (Wildman–Crippen LogP) is 5.52. The van der Waals surface area contributed by atoms with Crippen LogP contribution in [0.3, 0.4) is 0 Å². The van der Waals surface area contributed by atoms with Gasteiger partial charge in [0, 0.05) is 35.2 Å². The molecule has 2 aromatic carbocycles. The van der Waals surface area contributed by atoms with E-state index in [1.165, 1.54) is 5.56 Å². The van der Waals surface area contributed by atoms with Crippen LogP contribution >= 0.6 is 11.6 Å². The number of anilines is 1. The molecular formula is C23H24ClN3O2. The molecule has 1 atom stereocenters. The first-order valence-electron chi connectivity index (χ1n) is 9.73. The van der Waals surface area contributed by atoms with E-state index in [0.29, 0.717) is 29.7 Å². The summed E-state index contributed by atoms with van der Waals surface area (Å²) in [6.07, 6.45) is 0.365. The van der Waals surface area contributed by atoms with Gasteiger partial charge < -0.3 is 9.42 Å². The Morgan fingerprint density at radius 1 is 1.14 bits per heavy atom. The van der Waals surface area contributed by atoms with Crippen LogP contribution < -0.4 is 4.90 Å². The Balaban J connectivity index is 1.53. The molecule has 1 aliphatic rings. The van der Waals surface area contributed by atoms with Crippen LogP contribution in [0.5, 0.6) is 0 Å². The summed E-state index contributed by atoms with van der Waals surface area (Å²) in [5.74, 6) is 1.02. The minimum absolute atomic E-state index is 0.0568. The molecular weight excluding hydrogens is 386 g/mol. The largest absolute Gasteiger partial charge is 0.334 e. The van der Waals surface area contributed by atoms with Crippen LogP contribution in [0.4, 0.5) is 5.69 Å². The number of aromatic nitrogens is 2. The van der Waals surface area contributed by atoms with Crippen molar-refractivity contribution in [1.29, 1.82) is 0 Å². The van der Waals surface area contributed by atoms with Crippen molar-refractivity contribution in [2.24, 2.45) is 0 Å². The number of rotatable bonds is 3. The summed E-state index contributed by atoms with van der Waals surface area (Å²) >= 11 is 6.04. The van der Waals surface area contributed by atoms with Crippen molar-refractivity contribution in [2.45, 2.75) is 45.4 Å². The van der Waals surface area contributed by atoms with Crippen LogP contribution in [-0.4, -0.2) is 22.6 Å². The van der Waals surface area contributed by atoms with Crippen LogP contribution in [0.2, 0.25) is 5.02 Å². The van der Waals surface area contributed by atoms with Crippen molar-refractivity contribution in [1.82, 2.24) is 10.1 Å². The van der Waals surface area contributed by atoms with Crippen molar-refractivity contribution in [3.05, 3.63) is 64.4 Å². The molecule has 1 amide bonds. The van der Waals surface area contributed by atoms with Gasteiger partial charge in [0.05, 0.1) is 0 Å². The summed E-state index contributed by atoms with van der Waals surface area (Å²) in [5.41, 5.74) is 4.07. The summed E-state index contributed by atoms with van der Waals surface area (Å²) < 4.78 is 5.50. The highest BCUT2D eigenvalue weighted by Crippen LogP contribution is 2.34. The average molecular weight is 410 g/mol. The Bertz CT molecular complexity index is 1050. The van der Waals surface area contributed by atoms with E-state index >= 15 is 0 Å². The first-order chi connectivity index (χ1) is 13.7. The number of amides is 1. The van der Waals surface area contributed by atoms with E-state index in [4.69, 9.17) is 16.1 Å². The van der Waals surface area contributed by atoms with Gasteiger partial charge in [0.1, 0.15) is 0 Å². The first-order valence-corrected chi connectivity index (χ1v) is 10.1. The number of carbonyl (C=O) groups is 1. The molecule has 0 radical (unpaired) electrons. The van der Waals surface area contributed by atoms with Gasteiger partial charge in [0.2, 0.25) is 5.91 Å². The molecule has 1 fully saturated rings. The highest BCUT2D eigenvalue weighted by Gasteiger charge is 2.35. The van der Waals surface area contributed by atoms with Gasteiger partial charge in [0.15, 0.2) is 5.82 Å². The maximum Gasteiger partial charge on any atom is 0.257 e. The van der Waals surface area contributed by atoms with Crippen LogP contribution in [0.1, 0.15) is 50.1 Å². The van der Waals surface area contributed by atoms with Crippen molar-refractivity contribution in [2.75, 3.05) is 11.4 Å². The molecule has 4 rings (SSSR count). The summed E-state index contributed by atoms with van der Waals surface area (Å²) in [7, 11) is 0. The van der Waals surface area contributed by atoms with Gasteiger partial charge in [-0.05, 0) is 53.8 Å². The lowest BCUT2D eigenvalue weighted by Gasteiger charge is -2.18. The molecule has 0 bridgehead atoms. The zero-order chi connectivity index (χ0) is 20.8. The molecule has 5 nitrogen and oxygen atoms in total. The zero-order valence-corrected chi connectivity index (χ0v) is 17.8. The molecule has 1 saturated heterocycles. The molecule has 0 aliphatic carbocycles. The van der Waals surface area contributed by atoms with E-state index in [-0.39, 0.29) is 17.2 Å². The summed E-state index contributed by atoms with van der Waals surface area (Å²) in [6, 6.07) is 13.7. The maximum atomic E-state index is 12.6. The standard InChI is InChI=1S/C23H24ClN3O2/c1-14-11-18(24)9-10-19(14)27-13-16(12-20(27)28)21-25-22(29-26-21)15-5-7-17(8-6-15)23(2,3)4/h5-11,16H,12-13H2,1-4H3. The fourth-order valence-corrected chi connectivity index (χ4v) is 3.89. The number of hydrogen-bond donors (Lipinski definition) is 0. The lowest BCUT2D eigenvalue weighted by atomic mass is 9.87. The molecule has 150 valence electrons. The summed E-state index contributed by atoms with van der Waals surface area (Å²) in [5, 5.41) is 4.82. The van der Waals surface area contributed by atoms with Gasteiger partial charge in [0.25, 0.3) is 5.89 Å². The molecule has 1 aromatic heterocycles. The van der Waals surface area contributed by atoms with Crippen LogP contribution in [0.25, 0.3) is 11.5 Å². The van der Waals surface area contributed by atoms with Gasteiger partial charge in [-0.15, -0.1) is 0 Å². The second-order valence-corrected chi connectivity index (χ2v) is 9.06. The first kappa shape index (κ1) is 19.6. The van der Waals surface area contributed by atoms with E-state index in [0.717, 1.165) is 16.8 Å². The lowest BCUT2D eigenvalue weighted by Crippen LogP contribution is -2.25. The van der Waals surface area contributed by atoms with Crippen LogP contribution in [0, 0.1) is 6.92 Å². The second kappa shape index (κ2) is 7.30. The normalized spacial score (nSPS) is 17.2. The summed E-state index contributed by atoms with van der Waals surface area (Å²) in [4.78, 5) is 19.0. The number of aryl methyl sites for hydroxylation is 1. The van der Waals surface area contributed by atoms with Crippen molar-refractivity contribution in [3.63, 3.8) is 0 Å². The van der Waals surface area contributed by atoms with Gasteiger partial charge in [-0.3, -0.25) is 4.79 Å². The van der Waals surface area contributed by atoms with Crippen LogP contribution in [-0.2, 0) is 10.2 Å². The molecule has 1 aliphatic heterocycles. The summed E-state index contributed by atoms with van der Waals surface area (Å²) in [6.45, 7) is 9.02. The van der Waals surface area contributed by atoms with Gasteiger partial charge in [-0.1, -0.05) is 49.7 Å². The molecule has 1 unspecified atom stereocenters. The van der Waals surface area contributed by atoms with Gasteiger partial charge in [-0.25, -0.2) is 0 Å². The SMILES string of the molecule is Cc1cc(Cl)ccc1N1CC(c2noc(-c3ccc(C(C)(C)C)cc3)n2)CC1=O. The molecule has 0 N–H and O–H groups in total. The molecule has 0 spiro atoms. The minimum atomic E-state index is -0.0936. The Morgan fingerprint density at radius 2 is 1.86 bits per heavy atom. The third-order valence-corrected chi connectivity index (χ3v) is 5.61. The number of hydrogen-bond acceptors (Lipinski definition) is 4. The molecule has 3 aromatic rings. The lowest BCUT2D eigenvalue weighted by molar-refractivity contribution is -0.117. The van der Waals surface area contributed by atoms with E-state index < -0.39 is 0 Å². The smallest absolute Gasteiger partial charge is 0.257 e. The number of halogens is 1.